The van der Waals surface area contributed by atoms with Gasteiger partial charge in [0.1, 0.15) is 5.82 Å². The Morgan fingerprint density at radius 3 is 2.57 bits per heavy atom. The summed E-state index contributed by atoms with van der Waals surface area (Å²) in [4.78, 5) is 9.30. The molecule has 2 heterocycles. The van der Waals surface area contributed by atoms with Crippen molar-refractivity contribution in [3.8, 4) is 22.5 Å². The van der Waals surface area contributed by atoms with Gasteiger partial charge in [-0.25, -0.2) is 9.37 Å². The van der Waals surface area contributed by atoms with Crippen molar-refractivity contribution in [1.29, 1.82) is 0 Å². The van der Waals surface area contributed by atoms with E-state index in [9.17, 15) is 4.39 Å². The van der Waals surface area contributed by atoms with E-state index in [1.165, 1.54) is 31.4 Å². The predicted molar refractivity (Wildman–Crippen MR) is 111 cm³/mol. The van der Waals surface area contributed by atoms with Gasteiger partial charge in [0.05, 0.1) is 23.4 Å². The van der Waals surface area contributed by atoms with Gasteiger partial charge in [0.25, 0.3) is 0 Å². The van der Waals surface area contributed by atoms with E-state index < -0.39 is 0 Å². The highest BCUT2D eigenvalue weighted by Gasteiger charge is 2.27. The second-order valence-corrected chi connectivity index (χ2v) is 7.99. The summed E-state index contributed by atoms with van der Waals surface area (Å²) in [6, 6.07) is 9.03. The lowest BCUT2D eigenvalue weighted by molar-refractivity contribution is 0.355. The van der Waals surface area contributed by atoms with Crippen LogP contribution < -0.4 is 0 Å². The summed E-state index contributed by atoms with van der Waals surface area (Å²) in [5.41, 5.74) is 5.91. The average Bonchev–Trinajstić information content (AvgIpc) is 3.34. The largest absolute Gasteiger partial charge is 0.327 e. The van der Waals surface area contributed by atoms with Gasteiger partial charge < -0.3 is 4.57 Å². The molecule has 2 aliphatic rings. The third kappa shape index (κ3) is 2.96. The minimum Gasteiger partial charge on any atom is -0.327 e. The van der Waals surface area contributed by atoms with Crippen molar-refractivity contribution < 1.29 is 4.39 Å². The normalized spacial score (nSPS) is 16.9. The van der Waals surface area contributed by atoms with Crippen LogP contribution in [0.2, 0.25) is 0 Å². The van der Waals surface area contributed by atoms with Crippen molar-refractivity contribution in [2.75, 3.05) is 0 Å². The van der Waals surface area contributed by atoms with Crippen LogP contribution in [0.5, 0.6) is 0 Å². The van der Waals surface area contributed by atoms with Crippen molar-refractivity contribution in [3.63, 3.8) is 0 Å². The standard InChI is InChI=1S/C23H21ClFN3/c24-19-10-11-20-21(19)18(12-13-26-20)23-22(15-6-8-16(25)9-7-15)27-14-28(23)17-4-2-1-3-5-17/h6-10,12-14,17H,1-5,11H2. The minimum atomic E-state index is -0.243. The van der Waals surface area contributed by atoms with E-state index in [2.05, 4.69) is 9.55 Å². The van der Waals surface area contributed by atoms with E-state index in [1.807, 2.05) is 24.7 Å². The third-order valence-corrected chi connectivity index (χ3v) is 6.22. The van der Waals surface area contributed by atoms with Gasteiger partial charge in [-0.3, -0.25) is 4.98 Å². The van der Waals surface area contributed by atoms with E-state index in [-0.39, 0.29) is 5.82 Å². The summed E-state index contributed by atoms with van der Waals surface area (Å²) in [6.07, 6.45) is 12.7. The molecule has 0 N–H and O–H groups in total. The Kier molecular flexibility index (Phi) is 4.52. The smallest absolute Gasteiger partial charge is 0.123 e. The van der Waals surface area contributed by atoms with Crippen molar-refractivity contribution in [1.82, 2.24) is 14.5 Å². The van der Waals surface area contributed by atoms with Crippen molar-refractivity contribution in [2.45, 2.75) is 44.6 Å². The number of hydrogen-bond acceptors (Lipinski definition) is 2. The third-order valence-electron chi connectivity index (χ3n) is 5.88. The molecule has 2 aromatic heterocycles. The first-order chi connectivity index (χ1) is 13.7. The molecule has 0 atom stereocenters. The molecule has 0 radical (unpaired) electrons. The SMILES string of the molecule is Fc1ccc(-c2ncn(C3CCCCC3)c2-c2ccnc3c2C(Cl)=CC3)cc1. The fraction of sp³-hybridized carbons (Fsp3) is 0.304. The summed E-state index contributed by atoms with van der Waals surface area (Å²) in [5, 5.41) is 0.750. The summed E-state index contributed by atoms with van der Waals surface area (Å²) in [7, 11) is 0. The lowest BCUT2D eigenvalue weighted by atomic mass is 9.93. The molecule has 3 nitrogen and oxygen atoms in total. The van der Waals surface area contributed by atoms with Crippen molar-refractivity contribution in [3.05, 3.63) is 66.0 Å². The molecule has 0 spiro atoms. The summed E-state index contributed by atoms with van der Waals surface area (Å²) in [6.45, 7) is 0. The molecule has 5 heteroatoms. The van der Waals surface area contributed by atoms with Crippen LogP contribution in [0, 0.1) is 5.82 Å². The molecule has 142 valence electrons. The summed E-state index contributed by atoms with van der Waals surface area (Å²) in [5.74, 6) is -0.243. The van der Waals surface area contributed by atoms with Crippen LogP contribution in [0.15, 0.2) is 48.9 Å². The number of hydrogen-bond donors (Lipinski definition) is 0. The molecule has 0 aliphatic heterocycles. The molecule has 0 amide bonds. The van der Waals surface area contributed by atoms with Gasteiger partial charge in [0, 0.05) is 40.4 Å². The van der Waals surface area contributed by atoms with E-state index in [0.29, 0.717) is 6.04 Å². The average molecular weight is 394 g/mol. The van der Waals surface area contributed by atoms with Crippen LogP contribution in [0.1, 0.15) is 49.4 Å². The maximum atomic E-state index is 13.5. The highest BCUT2D eigenvalue weighted by atomic mass is 35.5. The van der Waals surface area contributed by atoms with Gasteiger partial charge in [0.2, 0.25) is 0 Å². The Bertz CT molecular complexity index is 1050. The number of aromatic nitrogens is 3. The predicted octanol–water partition coefficient (Wildman–Crippen LogP) is 6.39. The van der Waals surface area contributed by atoms with Gasteiger partial charge in [0.15, 0.2) is 0 Å². The number of halogens is 2. The second-order valence-electron chi connectivity index (χ2n) is 7.58. The Morgan fingerprint density at radius 2 is 1.79 bits per heavy atom. The van der Waals surface area contributed by atoms with Crippen LogP contribution in [-0.2, 0) is 6.42 Å². The first kappa shape index (κ1) is 17.6. The molecule has 0 saturated heterocycles. The summed E-state index contributed by atoms with van der Waals surface area (Å²) < 4.78 is 15.8. The number of imidazole rings is 1. The van der Waals surface area contributed by atoms with Crippen molar-refractivity contribution >= 4 is 16.6 Å². The van der Waals surface area contributed by atoms with Crippen LogP contribution in [-0.4, -0.2) is 14.5 Å². The molecular formula is C23H21ClFN3. The Labute approximate surface area is 168 Å². The number of fused-ring (bicyclic) bond motifs is 1. The lowest BCUT2D eigenvalue weighted by Crippen LogP contribution is -2.13. The van der Waals surface area contributed by atoms with E-state index >= 15 is 0 Å². The fourth-order valence-corrected chi connectivity index (χ4v) is 4.78. The molecular weight excluding hydrogens is 373 g/mol. The van der Waals surface area contributed by atoms with E-state index in [1.54, 1.807) is 12.1 Å². The van der Waals surface area contributed by atoms with Crippen LogP contribution in [0.3, 0.4) is 0 Å². The van der Waals surface area contributed by atoms with Gasteiger partial charge in [-0.15, -0.1) is 0 Å². The van der Waals surface area contributed by atoms with Crippen LogP contribution >= 0.6 is 11.6 Å². The zero-order chi connectivity index (χ0) is 19.1. The highest BCUT2D eigenvalue weighted by Crippen LogP contribution is 2.43. The molecule has 1 saturated carbocycles. The van der Waals surface area contributed by atoms with E-state index in [0.717, 1.165) is 58.1 Å². The molecule has 28 heavy (non-hydrogen) atoms. The van der Waals surface area contributed by atoms with Gasteiger partial charge in [-0.2, -0.15) is 0 Å². The topological polar surface area (TPSA) is 30.7 Å². The number of allylic oxidation sites excluding steroid dienone is 1. The molecule has 0 bridgehead atoms. The Balaban J connectivity index is 1.73. The monoisotopic (exact) mass is 393 g/mol. The minimum absolute atomic E-state index is 0.243. The molecule has 1 fully saturated rings. The Hall–Kier alpha value is -2.46. The van der Waals surface area contributed by atoms with Gasteiger partial charge >= 0.3 is 0 Å². The second kappa shape index (κ2) is 7.17. The number of nitrogens with zero attached hydrogens (tertiary/aromatic N) is 3. The van der Waals surface area contributed by atoms with Crippen molar-refractivity contribution in [2.24, 2.45) is 0 Å². The maximum absolute atomic E-state index is 13.5. The first-order valence-corrected chi connectivity index (χ1v) is 10.3. The zero-order valence-electron chi connectivity index (χ0n) is 15.5. The molecule has 5 rings (SSSR count). The highest BCUT2D eigenvalue weighted by molar-refractivity contribution is 6.50. The zero-order valence-corrected chi connectivity index (χ0v) is 16.3. The number of rotatable bonds is 3. The van der Waals surface area contributed by atoms with E-state index in [4.69, 9.17) is 16.6 Å². The molecule has 0 unspecified atom stereocenters. The molecule has 1 aromatic carbocycles. The maximum Gasteiger partial charge on any atom is 0.123 e. The Morgan fingerprint density at radius 1 is 1.00 bits per heavy atom. The molecule has 3 aromatic rings. The number of pyridine rings is 1. The van der Waals surface area contributed by atoms with Gasteiger partial charge in [-0.1, -0.05) is 36.9 Å². The molecule has 2 aliphatic carbocycles. The number of benzene rings is 1. The fourth-order valence-electron chi connectivity index (χ4n) is 4.49. The lowest BCUT2D eigenvalue weighted by Gasteiger charge is -2.26. The van der Waals surface area contributed by atoms with Crippen LogP contribution in [0.25, 0.3) is 27.5 Å². The van der Waals surface area contributed by atoms with Crippen LogP contribution in [0.4, 0.5) is 4.39 Å². The van der Waals surface area contributed by atoms with Gasteiger partial charge in [-0.05, 0) is 43.2 Å². The quantitative estimate of drug-likeness (QED) is 0.516. The first-order valence-electron chi connectivity index (χ1n) is 9.89. The summed E-state index contributed by atoms with van der Waals surface area (Å²) >= 11 is 6.56.